The van der Waals surface area contributed by atoms with Crippen LogP contribution >= 0.6 is 0 Å². The summed E-state index contributed by atoms with van der Waals surface area (Å²) in [5.41, 5.74) is 2.28. The first-order valence-corrected chi connectivity index (χ1v) is 7.82. The Kier molecular flexibility index (Phi) is 4.53. The Morgan fingerprint density at radius 2 is 2.14 bits per heavy atom. The van der Waals surface area contributed by atoms with Crippen molar-refractivity contribution in [2.75, 3.05) is 13.2 Å². The lowest BCUT2D eigenvalue weighted by atomic mass is 9.99. The molecule has 1 aromatic carbocycles. The van der Waals surface area contributed by atoms with E-state index in [1.807, 2.05) is 41.3 Å². The molecular weight excluding hydrogens is 278 g/mol. The van der Waals surface area contributed by atoms with Crippen LogP contribution in [0.5, 0.6) is 0 Å². The highest BCUT2D eigenvalue weighted by atomic mass is 16.3. The van der Waals surface area contributed by atoms with E-state index < -0.39 is 0 Å². The van der Waals surface area contributed by atoms with E-state index in [0.717, 1.165) is 37.1 Å². The van der Waals surface area contributed by atoms with E-state index in [0.29, 0.717) is 12.1 Å². The van der Waals surface area contributed by atoms with Gasteiger partial charge < -0.3 is 10.0 Å². The molecular formula is C17H21N3O2. The van der Waals surface area contributed by atoms with Gasteiger partial charge in [0, 0.05) is 24.8 Å². The number of nitrogens with zero attached hydrogens (tertiary/aromatic N) is 2. The average Bonchev–Trinajstić information content (AvgIpc) is 3.06. The predicted octanol–water partition coefficient (Wildman–Crippen LogP) is 2.45. The zero-order valence-corrected chi connectivity index (χ0v) is 12.5. The van der Waals surface area contributed by atoms with Gasteiger partial charge in [-0.2, -0.15) is 5.10 Å². The van der Waals surface area contributed by atoms with Crippen LogP contribution in [0, 0.1) is 0 Å². The van der Waals surface area contributed by atoms with E-state index in [1.165, 1.54) is 0 Å². The van der Waals surface area contributed by atoms with Crippen molar-refractivity contribution < 1.29 is 9.90 Å². The molecule has 2 N–H and O–H groups in total. The Bertz CT molecular complexity index is 622. The van der Waals surface area contributed by atoms with Gasteiger partial charge in [0.2, 0.25) is 0 Å². The largest absolute Gasteiger partial charge is 0.396 e. The average molecular weight is 299 g/mol. The molecule has 0 bridgehead atoms. The lowest BCUT2D eigenvalue weighted by Crippen LogP contribution is -2.44. The summed E-state index contributed by atoms with van der Waals surface area (Å²) in [6.07, 6.45) is 3.75. The van der Waals surface area contributed by atoms with Gasteiger partial charge in [-0.25, -0.2) is 0 Å². The van der Waals surface area contributed by atoms with Crippen molar-refractivity contribution >= 4 is 5.91 Å². The molecule has 1 aliphatic rings. The number of aliphatic hydroxyl groups excluding tert-OH is 1. The monoisotopic (exact) mass is 299 g/mol. The number of aliphatic hydroxyl groups is 1. The number of carbonyl (C=O) groups excluding carboxylic acids is 1. The third-order valence-corrected chi connectivity index (χ3v) is 4.23. The number of aromatic amines is 1. The van der Waals surface area contributed by atoms with Crippen LogP contribution in [0.25, 0.3) is 11.3 Å². The van der Waals surface area contributed by atoms with Crippen molar-refractivity contribution in [3.63, 3.8) is 0 Å². The first kappa shape index (κ1) is 14.8. The molecule has 22 heavy (non-hydrogen) atoms. The van der Waals surface area contributed by atoms with Crippen LogP contribution in [0.2, 0.25) is 0 Å². The van der Waals surface area contributed by atoms with Gasteiger partial charge in [0.1, 0.15) is 5.69 Å². The first-order valence-electron chi connectivity index (χ1n) is 7.82. The summed E-state index contributed by atoms with van der Waals surface area (Å²) in [5, 5.41) is 16.3. The van der Waals surface area contributed by atoms with Gasteiger partial charge in [0.15, 0.2) is 0 Å². The van der Waals surface area contributed by atoms with E-state index in [1.54, 1.807) is 0 Å². The maximum atomic E-state index is 12.7. The molecule has 1 aromatic heterocycles. The van der Waals surface area contributed by atoms with Gasteiger partial charge in [-0.15, -0.1) is 0 Å². The van der Waals surface area contributed by atoms with Gasteiger partial charge in [-0.3, -0.25) is 9.89 Å². The number of benzene rings is 1. The molecule has 5 heteroatoms. The summed E-state index contributed by atoms with van der Waals surface area (Å²) < 4.78 is 0. The maximum absolute atomic E-state index is 12.7. The molecule has 1 unspecified atom stereocenters. The predicted molar refractivity (Wildman–Crippen MR) is 84.4 cm³/mol. The Labute approximate surface area is 130 Å². The molecule has 5 nitrogen and oxygen atoms in total. The molecule has 0 saturated carbocycles. The van der Waals surface area contributed by atoms with Crippen LogP contribution in [-0.4, -0.2) is 45.3 Å². The summed E-state index contributed by atoms with van der Waals surface area (Å²) in [6.45, 7) is 0.871. The first-order chi connectivity index (χ1) is 10.8. The molecule has 1 aliphatic heterocycles. The van der Waals surface area contributed by atoms with Gasteiger partial charge in [-0.05, 0) is 31.7 Å². The van der Waals surface area contributed by atoms with Crippen molar-refractivity contribution in [1.29, 1.82) is 0 Å². The quantitative estimate of drug-likeness (QED) is 0.911. The minimum atomic E-state index is -0.0205. The second kappa shape index (κ2) is 6.75. The number of H-pyrrole nitrogens is 1. The molecule has 1 atom stereocenters. The molecule has 1 saturated heterocycles. The number of hydrogen-bond donors (Lipinski definition) is 2. The SMILES string of the molecule is O=C(c1cc(-c2ccccc2)n[nH]1)N1CCCCC1CCO. The molecule has 0 spiro atoms. The number of hydrogen-bond acceptors (Lipinski definition) is 3. The van der Waals surface area contributed by atoms with E-state index in [9.17, 15) is 9.90 Å². The van der Waals surface area contributed by atoms with Crippen LogP contribution in [0.4, 0.5) is 0 Å². The summed E-state index contributed by atoms with van der Waals surface area (Å²) >= 11 is 0. The number of amides is 1. The van der Waals surface area contributed by atoms with Gasteiger partial charge in [-0.1, -0.05) is 30.3 Å². The fourth-order valence-corrected chi connectivity index (χ4v) is 3.06. The number of rotatable bonds is 4. The third-order valence-electron chi connectivity index (χ3n) is 4.23. The van der Waals surface area contributed by atoms with Crippen LogP contribution in [-0.2, 0) is 0 Å². The van der Waals surface area contributed by atoms with E-state index in [2.05, 4.69) is 10.2 Å². The molecule has 2 aromatic rings. The van der Waals surface area contributed by atoms with Gasteiger partial charge in [0.05, 0.1) is 5.69 Å². The molecule has 0 aliphatic carbocycles. The van der Waals surface area contributed by atoms with Crippen LogP contribution < -0.4 is 0 Å². The number of likely N-dealkylation sites (tertiary alicyclic amines) is 1. The lowest BCUT2D eigenvalue weighted by molar-refractivity contribution is 0.0568. The lowest BCUT2D eigenvalue weighted by Gasteiger charge is -2.35. The third kappa shape index (κ3) is 3.04. The Balaban J connectivity index is 1.78. The number of nitrogens with one attached hydrogen (secondary N) is 1. The standard InChI is InChI=1S/C17H21N3O2/c21-11-9-14-8-4-5-10-20(14)17(22)16-12-15(18-19-16)13-6-2-1-3-7-13/h1-3,6-7,12,14,21H,4-5,8-11H2,(H,18,19). The fraction of sp³-hybridized carbons (Fsp3) is 0.412. The minimum absolute atomic E-state index is 0.0205. The second-order valence-corrected chi connectivity index (χ2v) is 5.69. The normalized spacial score (nSPS) is 18.4. The second-order valence-electron chi connectivity index (χ2n) is 5.69. The highest BCUT2D eigenvalue weighted by Gasteiger charge is 2.28. The molecule has 0 radical (unpaired) electrons. The highest BCUT2D eigenvalue weighted by molar-refractivity contribution is 5.93. The molecule has 3 rings (SSSR count). The summed E-state index contributed by atoms with van der Waals surface area (Å²) in [7, 11) is 0. The summed E-state index contributed by atoms with van der Waals surface area (Å²) in [5.74, 6) is -0.0205. The zero-order valence-electron chi connectivity index (χ0n) is 12.5. The molecule has 1 amide bonds. The van der Waals surface area contributed by atoms with Gasteiger partial charge in [0.25, 0.3) is 5.91 Å². The molecule has 116 valence electrons. The highest BCUT2D eigenvalue weighted by Crippen LogP contribution is 2.23. The van der Waals surface area contributed by atoms with Crippen molar-refractivity contribution in [3.05, 3.63) is 42.1 Å². The maximum Gasteiger partial charge on any atom is 0.272 e. The summed E-state index contributed by atoms with van der Waals surface area (Å²) in [6, 6.07) is 11.7. The smallest absolute Gasteiger partial charge is 0.272 e. The number of carbonyl (C=O) groups is 1. The number of piperidine rings is 1. The van der Waals surface area contributed by atoms with Crippen LogP contribution in [0.15, 0.2) is 36.4 Å². The zero-order chi connectivity index (χ0) is 15.4. The van der Waals surface area contributed by atoms with Crippen molar-refractivity contribution in [2.45, 2.75) is 31.7 Å². The van der Waals surface area contributed by atoms with E-state index >= 15 is 0 Å². The van der Waals surface area contributed by atoms with Crippen LogP contribution in [0.1, 0.15) is 36.2 Å². The van der Waals surface area contributed by atoms with Crippen molar-refractivity contribution in [3.8, 4) is 11.3 Å². The van der Waals surface area contributed by atoms with Crippen molar-refractivity contribution in [1.82, 2.24) is 15.1 Å². The van der Waals surface area contributed by atoms with Gasteiger partial charge >= 0.3 is 0 Å². The van der Waals surface area contributed by atoms with Crippen LogP contribution in [0.3, 0.4) is 0 Å². The Hall–Kier alpha value is -2.14. The fourth-order valence-electron chi connectivity index (χ4n) is 3.06. The summed E-state index contributed by atoms with van der Waals surface area (Å²) in [4.78, 5) is 14.6. The number of aromatic nitrogens is 2. The molecule has 1 fully saturated rings. The topological polar surface area (TPSA) is 69.2 Å². The van der Waals surface area contributed by atoms with E-state index in [-0.39, 0.29) is 18.6 Å². The molecule has 2 heterocycles. The van der Waals surface area contributed by atoms with E-state index in [4.69, 9.17) is 0 Å². The minimum Gasteiger partial charge on any atom is -0.396 e. The van der Waals surface area contributed by atoms with Crippen molar-refractivity contribution in [2.24, 2.45) is 0 Å². The Morgan fingerprint density at radius 1 is 1.32 bits per heavy atom. The Morgan fingerprint density at radius 3 is 2.91 bits per heavy atom.